The highest BCUT2D eigenvalue weighted by atomic mass is 16.5. The van der Waals surface area contributed by atoms with E-state index < -0.39 is 0 Å². The molecule has 100 valence electrons. The first-order valence-electron chi connectivity index (χ1n) is 6.80. The molecule has 1 saturated heterocycles. The standard InChI is InChI=1S/C15H19N3O/c1-18-15(19-13-7-9-16-10-8-13)11-14(17-18)12-5-3-2-4-6-12/h2-6,11,13,16H,7-10H2,1H3. The fraction of sp³-hybridized carbons (Fsp3) is 0.400. The number of benzene rings is 1. The van der Waals surface area contributed by atoms with Crippen molar-refractivity contribution < 1.29 is 4.74 Å². The first-order chi connectivity index (χ1) is 9.33. The molecule has 0 spiro atoms. The number of hydrogen-bond acceptors (Lipinski definition) is 3. The van der Waals surface area contributed by atoms with Crippen LogP contribution in [-0.4, -0.2) is 29.0 Å². The zero-order valence-electron chi connectivity index (χ0n) is 11.2. The number of nitrogens with one attached hydrogen (secondary N) is 1. The summed E-state index contributed by atoms with van der Waals surface area (Å²) in [6, 6.07) is 12.2. The molecule has 0 radical (unpaired) electrons. The molecule has 0 saturated carbocycles. The highest BCUT2D eigenvalue weighted by molar-refractivity contribution is 5.59. The van der Waals surface area contributed by atoms with Gasteiger partial charge in [0, 0.05) is 18.7 Å². The molecule has 1 fully saturated rings. The second-order valence-electron chi connectivity index (χ2n) is 4.92. The Morgan fingerprint density at radius 2 is 1.95 bits per heavy atom. The van der Waals surface area contributed by atoms with Gasteiger partial charge in [-0.05, 0) is 25.9 Å². The maximum absolute atomic E-state index is 6.05. The first kappa shape index (κ1) is 12.2. The van der Waals surface area contributed by atoms with Crippen LogP contribution >= 0.6 is 0 Å². The minimum absolute atomic E-state index is 0.306. The molecular formula is C15H19N3O. The highest BCUT2D eigenvalue weighted by Gasteiger charge is 2.17. The van der Waals surface area contributed by atoms with E-state index in [1.165, 1.54) is 0 Å². The predicted molar refractivity (Wildman–Crippen MR) is 75.2 cm³/mol. The Kier molecular flexibility index (Phi) is 3.51. The Labute approximate surface area is 113 Å². The van der Waals surface area contributed by atoms with E-state index in [1.54, 1.807) is 0 Å². The van der Waals surface area contributed by atoms with Crippen LogP contribution in [0.25, 0.3) is 11.3 Å². The second kappa shape index (κ2) is 5.45. The van der Waals surface area contributed by atoms with Crippen molar-refractivity contribution in [2.75, 3.05) is 13.1 Å². The molecule has 0 unspecified atom stereocenters. The van der Waals surface area contributed by atoms with E-state index in [2.05, 4.69) is 22.5 Å². The topological polar surface area (TPSA) is 39.1 Å². The molecule has 0 aliphatic carbocycles. The second-order valence-corrected chi connectivity index (χ2v) is 4.92. The summed E-state index contributed by atoms with van der Waals surface area (Å²) in [5.41, 5.74) is 2.09. The third-order valence-corrected chi connectivity index (χ3v) is 3.48. The summed E-state index contributed by atoms with van der Waals surface area (Å²) in [4.78, 5) is 0. The number of aryl methyl sites for hydroxylation is 1. The number of rotatable bonds is 3. The van der Waals surface area contributed by atoms with Crippen molar-refractivity contribution in [2.24, 2.45) is 7.05 Å². The molecule has 1 aliphatic rings. The Morgan fingerprint density at radius 3 is 2.68 bits per heavy atom. The number of hydrogen-bond donors (Lipinski definition) is 1. The summed E-state index contributed by atoms with van der Waals surface area (Å²) < 4.78 is 7.87. The molecule has 2 aromatic rings. The van der Waals surface area contributed by atoms with Gasteiger partial charge in [0.2, 0.25) is 5.88 Å². The van der Waals surface area contributed by atoms with Gasteiger partial charge in [-0.2, -0.15) is 5.10 Å². The minimum atomic E-state index is 0.306. The SMILES string of the molecule is Cn1nc(-c2ccccc2)cc1OC1CCNCC1. The average molecular weight is 257 g/mol. The van der Waals surface area contributed by atoms with Gasteiger partial charge in [-0.3, -0.25) is 0 Å². The van der Waals surface area contributed by atoms with Crippen LogP contribution in [0.1, 0.15) is 12.8 Å². The summed E-state index contributed by atoms with van der Waals surface area (Å²) in [5, 5.41) is 7.87. The van der Waals surface area contributed by atoms with E-state index >= 15 is 0 Å². The maximum Gasteiger partial charge on any atom is 0.212 e. The lowest BCUT2D eigenvalue weighted by Gasteiger charge is -2.23. The monoisotopic (exact) mass is 257 g/mol. The Bertz CT molecular complexity index is 530. The lowest BCUT2D eigenvalue weighted by molar-refractivity contribution is 0.149. The van der Waals surface area contributed by atoms with Gasteiger partial charge < -0.3 is 10.1 Å². The van der Waals surface area contributed by atoms with Crippen LogP contribution in [0.5, 0.6) is 5.88 Å². The molecule has 1 aliphatic heterocycles. The van der Waals surface area contributed by atoms with Gasteiger partial charge in [-0.25, -0.2) is 4.68 Å². The van der Waals surface area contributed by atoms with E-state index in [4.69, 9.17) is 4.74 Å². The molecule has 4 heteroatoms. The molecule has 0 amide bonds. The van der Waals surface area contributed by atoms with Gasteiger partial charge in [0.25, 0.3) is 0 Å². The molecule has 1 N–H and O–H groups in total. The van der Waals surface area contributed by atoms with E-state index in [0.717, 1.165) is 43.1 Å². The van der Waals surface area contributed by atoms with Gasteiger partial charge in [0.05, 0.1) is 5.69 Å². The van der Waals surface area contributed by atoms with Crippen LogP contribution in [0.15, 0.2) is 36.4 Å². The fourth-order valence-electron chi connectivity index (χ4n) is 2.39. The molecule has 0 atom stereocenters. The van der Waals surface area contributed by atoms with Crippen molar-refractivity contribution in [3.63, 3.8) is 0 Å². The van der Waals surface area contributed by atoms with Crippen LogP contribution in [0.4, 0.5) is 0 Å². The number of nitrogens with zero attached hydrogens (tertiary/aromatic N) is 2. The van der Waals surface area contributed by atoms with Crippen LogP contribution in [-0.2, 0) is 7.05 Å². The molecule has 19 heavy (non-hydrogen) atoms. The summed E-state index contributed by atoms with van der Waals surface area (Å²) in [6.07, 6.45) is 2.43. The summed E-state index contributed by atoms with van der Waals surface area (Å²) in [6.45, 7) is 2.07. The smallest absolute Gasteiger partial charge is 0.212 e. The van der Waals surface area contributed by atoms with Crippen molar-refractivity contribution in [1.82, 2.24) is 15.1 Å². The van der Waals surface area contributed by atoms with Gasteiger partial charge >= 0.3 is 0 Å². The lowest BCUT2D eigenvalue weighted by Crippen LogP contribution is -2.34. The largest absolute Gasteiger partial charge is 0.474 e. The highest BCUT2D eigenvalue weighted by Crippen LogP contribution is 2.24. The maximum atomic E-state index is 6.05. The van der Waals surface area contributed by atoms with Crippen LogP contribution < -0.4 is 10.1 Å². The zero-order valence-corrected chi connectivity index (χ0v) is 11.2. The van der Waals surface area contributed by atoms with Crippen molar-refractivity contribution in [3.8, 4) is 17.1 Å². The average Bonchev–Trinajstić information content (AvgIpc) is 2.82. The van der Waals surface area contributed by atoms with E-state index in [1.807, 2.05) is 36.0 Å². The summed E-state index contributed by atoms with van der Waals surface area (Å²) in [5.74, 6) is 0.853. The van der Waals surface area contributed by atoms with Crippen molar-refractivity contribution in [1.29, 1.82) is 0 Å². The molecule has 2 heterocycles. The minimum Gasteiger partial charge on any atom is -0.474 e. The van der Waals surface area contributed by atoms with E-state index in [-0.39, 0.29) is 0 Å². The first-order valence-corrected chi connectivity index (χ1v) is 6.80. The summed E-state index contributed by atoms with van der Waals surface area (Å²) in [7, 11) is 1.93. The molecule has 0 bridgehead atoms. The van der Waals surface area contributed by atoms with Crippen LogP contribution in [0, 0.1) is 0 Å². The Balaban J connectivity index is 1.77. The molecular weight excluding hydrogens is 238 g/mol. The fourth-order valence-corrected chi connectivity index (χ4v) is 2.39. The predicted octanol–water partition coefficient (Wildman–Crippen LogP) is 2.22. The van der Waals surface area contributed by atoms with Gasteiger partial charge in [-0.15, -0.1) is 0 Å². The van der Waals surface area contributed by atoms with Gasteiger partial charge in [0.15, 0.2) is 0 Å². The number of ether oxygens (including phenoxy) is 1. The lowest BCUT2D eigenvalue weighted by atomic mass is 10.1. The molecule has 1 aromatic carbocycles. The quantitative estimate of drug-likeness (QED) is 0.916. The third-order valence-electron chi connectivity index (χ3n) is 3.48. The van der Waals surface area contributed by atoms with Gasteiger partial charge in [0.1, 0.15) is 6.10 Å². The third kappa shape index (κ3) is 2.79. The van der Waals surface area contributed by atoms with E-state index in [9.17, 15) is 0 Å². The Morgan fingerprint density at radius 1 is 1.21 bits per heavy atom. The number of aromatic nitrogens is 2. The van der Waals surface area contributed by atoms with Crippen molar-refractivity contribution in [3.05, 3.63) is 36.4 Å². The molecule has 4 nitrogen and oxygen atoms in total. The summed E-state index contributed by atoms with van der Waals surface area (Å²) >= 11 is 0. The van der Waals surface area contributed by atoms with Crippen LogP contribution in [0.3, 0.4) is 0 Å². The Hall–Kier alpha value is -1.81. The van der Waals surface area contributed by atoms with Crippen molar-refractivity contribution in [2.45, 2.75) is 18.9 Å². The zero-order chi connectivity index (χ0) is 13.1. The van der Waals surface area contributed by atoms with Crippen LogP contribution in [0.2, 0.25) is 0 Å². The van der Waals surface area contributed by atoms with E-state index in [0.29, 0.717) is 6.10 Å². The van der Waals surface area contributed by atoms with Gasteiger partial charge in [-0.1, -0.05) is 30.3 Å². The van der Waals surface area contributed by atoms with Crippen molar-refractivity contribution >= 4 is 0 Å². The number of piperidine rings is 1. The normalized spacial score (nSPS) is 16.5. The molecule has 1 aromatic heterocycles. The molecule has 3 rings (SSSR count).